The first kappa shape index (κ1) is 12.0. The summed E-state index contributed by atoms with van der Waals surface area (Å²) in [6.45, 7) is 2.85. The molecular weight excluding hydrogens is 196 g/mol. The van der Waals surface area contributed by atoms with Gasteiger partial charge < -0.3 is 15.7 Å². The Morgan fingerprint density at radius 3 is 3.00 bits per heavy atom. The number of nitrogens with one attached hydrogen (secondary N) is 2. The summed E-state index contributed by atoms with van der Waals surface area (Å²) in [5, 5.41) is 14.2. The molecule has 3 N–H and O–H groups in total. The van der Waals surface area contributed by atoms with Gasteiger partial charge in [-0.1, -0.05) is 6.92 Å². The molecule has 0 radical (unpaired) electrons. The summed E-state index contributed by atoms with van der Waals surface area (Å²) in [6.07, 6.45) is 1.04. The van der Waals surface area contributed by atoms with Crippen molar-refractivity contribution in [1.29, 1.82) is 0 Å². The predicted molar refractivity (Wildman–Crippen MR) is 55.0 cm³/mol. The highest BCUT2D eigenvalue weighted by Crippen LogP contribution is 2.10. The van der Waals surface area contributed by atoms with Gasteiger partial charge in [-0.15, -0.1) is 0 Å². The van der Waals surface area contributed by atoms with Crippen molar-refractivity contribution in [3.63, 3.8) is 0 Å². The van der Waals surface area contributed by atoms with Gasteiger partial charge in [-0.3, -0.25) is 9.59 Å². The Hall–Kier alpha value is -1.10. The van der Waals surface area contributed by atoms with E-state index in [-0.39, 0.29) is 30.3 Å². The fourth-order valence-corrected chi connectivity index (χ4v) is 1.44. The Bertz CT molecular complexity index is 233. The Kier molecular flexibility index (Phi) is 4.55. The van der Waals surface area contributed by atoms with Crippen molar-refractivity contribution >= 4 is 11.8 Å². The van der Waals surface area contributed by atoms with E-state index in [4.69, 9.17) is 5.11 Å². The average Bonchev–Trinajstić information content (AvgIpc) is 2.26. The molecule has 0 saturated carbocycles. The third-order valence-corrected chi connectivity index (χ3v) is 2.57. The maximum Gasteiger partial charge on any atom is 0.224 e. The Balaban J connectivity index is 2.25. The zero-order valence-electron chi connectivity index (χ0n) is 8.95. The van der Waals surface area contributed by atoms with E-state index in [1.165, 1.54) is 0 Å². The number of rotatable bonds is 4. The maximum absolute atomic E-state index is 11.6. The van der Waals surface area contributed by atoms with E-state index < -0.39 is 0 Å². The molecular formula is C10H18N2O3. The first-order valence-corrected chi connectivity index (χ1v) is 5.28. The molecule has 1 aliphatic rings. The second-order valence-corrected chi connectivity index (χ2v) is 4.07. The summed E-state index contributed by atoms with van der Waals surface area (Å²) in [5.41, 5.74) is 0. The third kappa shape index (κ3) is 3.87. The number of carbonyl (C=O) groups excluding carboxylic acids is 2. The standard InChI is InChI=1S/C10H18N2O3/c1-7(6-13)4-12-10(15)8-2-3-9(14)11-5-8/h7-8,13H,2-6H2,1H3,(H,11,14)(H,12,15). The smallest absolute Gasteiger partial charge is 0.224 e. The SMILES string of the molecule is CC(CO)CNC(=O)C1CCC(=O)NC1. The van der Waals surface area contributed by atoms with Crippen molar-refractivity contribution in [3.8, 4) is 0 Å². The topological polar surface area (TPSA) is 78.4 Å². The van der Waals surface area contributed by atoms with Crippen molar-refractivity contribution in [1.82, 2.24) is 10.6 Å². The molecule has 15 heavy (non-hydrogen) atoms. The second kappa shape index (κ2) is 5.70. The van der Waals surface area contributed by atoms with Crippen LogP contribution in [0.2, 0.25) is 0 Å². The van der Waals surface area contributed by atoms with Crippen molar-refractivity contribution < 1.29 is 14.7 Å². The monoisotopic (exact) mass is 214 g/mol. The molecule has 2 amide bonds. The summed E-state index contributed by atoms with van der Waals surface area (Å²) in [5.74, 6) is -0.0567. The van der Waals surface area contributed by atoms with E-state index >= 15 is 0 Å². The van der Waals surface area contributed by atoms with Gasteiger partial charge in [0.1, 0.15) is 0 Å². The van der Waals surface area contributed by atoms with Crippen molar-refractivity contribution in [2.75, 3.05) is 19.7 Å². The summed E-state index contributed by atoms with van der Waals surface area (Å²) in [6, 6.07) is 0. The minimum Gasteiger partial charge on any atom is -0.396 e. The minimum absolute atomic E-state index is 0.0165. The van der Waals surface area contributed by atoms with Gasteiger partial charge in [0.05, 0.1) is 5.92 Å². The lowest BCUT2D eigenvalue weighted by atomic mass is 9.98. The van der Waals surface area contributed by atoms with Crippen LogP contribution in [-0.4, -0.2) is 36.6 Å². The van der Waals surface area contributed by atoms with Crippen LogP contribution in [0, 0.1) is 11.8 Å². The average molecular weight is 214 g/mol. The highest BCUT2D eigenvalue weighted by atomic mass is 16.3. The Morgan fingerprint density at radius 2 is 2.47 bits per heavy atom. The van der Waals surface area contributed by atoms with Gasteiger partial charge in [0.25, 0.3) is 0 Å². The molecule has 0 aromatic rings. The van der Waals surface area contributed by atoms with E-state index in [1.807, 2.05) is 6.92 Å². The second-order valence-electron chi connectivity index (χ2n) is 4.07. The van der Waals surface area contributed by atoms with Crippen molar-refractivity contribution in [3.05, 3.63) is 0 Å². The normalized spacial score (nSPS) is 23.1. The van der Waals surface area contributed by atoms with Gasteiger partial charge >= 0.3 is 0 Å². The van der Waals surface area contributed by atoms with Crippen LogP contribution in [0.3, 0.4) is 0 Å². The summed E-state index contributed by atoms with van der Waals surface area (Å²) >= 11 is 0. The molecule has 0 aromatic carbocycles. The van der Waals surface area contributed by atoms with Gasteiger partial charge in [0.2, 0.25) is 11.8 Å². The number of aliphatic hydroxyl groups is 1. The minimum atomic E-state index is -0.117. The van der Waals surface area contributed by atoms with Crippen LogP contribution in [0.5, 0.6) is 0 Å². The highest BCUT2D eigenvalue weighted by molar-refractivity contribution is 5.83. The molecule has 0 bridgehead atoms. The molecule has 2 atom stereocenters. The highest BCUT2D eigenvalue weighted by Gasteiger charge is 2.24. The third-order valence-electron chi connectivity index (χ3n) is 2.57. The molecule has 0 aromatic heterocycles. The van der Waals surface area contributed by atoms with E-state index in [0.717, 1.165) is 0 Å². The number of amides is 2. The lowest BCUT2D eigenvalue weighted by molar-refractivity contribution is -0.129. The van der Waals surface area contributed by atoms with Gasteiger partial charge in [-0.2, -0.15) is 0 Å². The quantitative estimate of drug-likeness (QED) is 0.576. The van der Waals surface area contributed by atoms with E-state index in [0.29, 0.717) is 25.9 Å². The lowest BCUT2D eigenvalue weighted by Gasteiger charge is -2.22. The number of carbonyl (C=O) groups is 2. The van der Waals surface area contributed by atoms with Crippen LogP contribution in [0.1, 0.15) is 19.8 Å². The molecule has 1 aliphatic heterocycles. The molecule has 5 heteroatoms. The molecule has 0 aliphatic carbocycles. The summed E-state index contributed by atoms with van der Waals surface area (Å²) in [4.78, 5) is 22.4. The van der Waals surface area contributed by atoms with Gasteiger partial charge in [0, 0.05) is 26.1 Å². The zero-order valence-corrected chi connectivity index (χ0v) is 8.95. The van der Waals surface area contributed by atoms with Crippen LogP contribution in [0.15, 0.2) is 0 Å². The molecule has 86 valence electrons. The Labute approximate surface area is 89.2 Å². The van der Waals surface area contributed by atoms with Crippen molar-refractivity contribution in [2.45, 2.75) is 19.8 Å². The molecule has 5 nitrogen and oxygen atoms in total. The summed E-state index contributed by atoms with van der Waals surface area (Å²) < 4.78 is 0. The first-order valence-electron chi connectivity index (χ1n) is 5.28. The number of piperidine rings is 1. The lowest BCUT2D eigenvalue weighted by Crippen LogP contribution is -2.44. The van der Waals surface area contributed by atoms with Gasteiger partial charge in [0.15, 0.2) is 0 Å². The summed E-state index contributed by atoms with van der Waals surface area (Å²) in [7, 11) is 0. The predicted octanol–water partition coefficient (Wildman–Crippen LogP) is -0.743. The molecule has 2 unspecified atom stereocenters. The molecule has 0 spiro atoms. The largest absolute Gasteiger partial charge is 0.396 e. The van der Waals surface area contributed by atoms with E-state index in [1.54, 1.807) is 0 Å². The van der Waals surface area contributed by atoms with Crippen LogP contribution >= 0.6 is 0 Å². The molecule has 1 fully saturated rings. The molecule has 1 heterocycles. The first-order chi connectivity index (χ1) is 7.13. The molecule has 1 saturated heterocycles. The van der Waals surface area contributed by atoms with Crippen molar-refractivity contribution in [2.24, 2.45) is 11.8 Å². The van der Waals surface area contributed by atoms with E-state index in [2.05, 4.69) is 10.6 Å². The van der Waals surface area contributed by atoms with E-state index in [9.17, 15) is 9.59 Å². The zero-order chi connectivity index (χ0) is 11.3. The number of hydrogen-bond acceptors (Lipinski definition) is 3. The maximum atomic E-state index is 11.6. The van der Waals surface area contributed by atoms with Crippen LogP contribution in [-0.2, 0) is 9.59 Å². The fraction of sp³-hybridized carbons (Fsp3) is 0.800. The van der Waals surface area contributed by atoms with Gasteiger partial charge in [-0.25, -0.2) is 0 Å². The van der Waals surface area contributed by atoms with Crippen LogP contribution in [0.4, 0.5) is 0 Å². The van der Waals surface area contributed by atoms with Gasteiger partial charge in [-0.05, 0) is 12.3 Å². The molecule has 1 rings (SSSR count). The number of hydrogen-bond donors (Lipinski definition) is 3. The number of aliphatic hydroxyl groups excluding tert-OH is 1. The van der Waals surface area contributed by atoms with Crippen LogP contribution in [0.25, 0.3) is 0 Å². The van der Waals surface area contributed by atoms with Crippen LogP contribution < -0.4 is 10.6 Å². The fourth-order valence-electron chi connectivity index (χ4n) is 1.44. The Morgan fingerprint density at radius 1 is 1.73 bits per heavy atom.